The van der Waals surface area contributed by atoms with Crippen LogP contribution in [0.2, 0.25) is 0 Å². The predicted octanol–water partition coefficient (Wildman–Crippen LogP) is 4.27. The zero-order valence-electron chi connectivity index (χ0n) is 14.9. The summed E-state index contributed by atoms with van der Waals surface area (Å²) >= 11 is 0. The van der Waals surface area contributed by atoms with Crippen molar-refractivity contribution in [2.24, 2.45) is 0 Å². The molecule has 0 aliphatic carbocycles. The van der Waals surface area contributed by atoms with Gasteiger partial charge in [-0.1, -0.05) is 12.1 Å². The molecule has 1 aliphatic heterocycles. The Labute approximate surface area is 159 Å². The van der Waals surface area contributed by atoms with Crippen molar-refractivity contribution in [2.75, 3.05) is 26.3 Å². The molecule has 0 bridgehead atoms. The van der Waals surface area contributed by atoms with Crippen molar-refractivity contribution in [3.63, 3.8) is 0 Å². The molecule has 1 saturated heterocycles. The number of benzene rings is 1. The lowest BCUT2D eigenvalue weighted by Crippen LogP contribution is -2.35. The highest BCUT2D eigenvalue weighted by molar-refractivity contribution is 5.87. The Morgan fingerprint density at radius 3 is 2.54 bits per heavy atom. The van der Waals surface area contributed by atoms with Gasteiger partial charge >= 0.3 is 6.18 Å². The quantitative estimate of drug-likeness (QED) is 0.667. The predicted molar refractivity (Wildman–Crippen MR) is 97.2 cm³/mol. The highest BCUT2D eigenvalue weighted by atomic mass is 19.4. The van der Waals surface area contributed by atoms with Gasteiger partial charge in [0.25, 0.3) is 0 Å². The van der Waals surface area contributed by atoms with Gasteiger partial charge in [-0.15, -0.1) is 0 Å². The number of nitrogens with zero attached hydrogens (tertiary/aromatic N) is 3. The minimum absolute atomic E-state index is 0.241. The van der Waals surface area contributed by atoms with E-state index in [0.29, 0.717) is 25.3 Å². The van der Waals surface area contributed by atoms with Crippen LogP contribution in [-0.4, -0.2) is 41.2 Å². The summed E-state index contributed by atoms with van der Waals surface area (Å²) in [6.07, 6.45) is -1.69. The molecule has 1 aromatic carbocycles. The number of ether oxygens (including phenoxy) is 2. The summed E-state index contributed by atoms with van der Waals surface area (Å²) < 4.78 is 50.7. The average Bonchev–Trinajstić information content (AvgIpc) is 2.70. The lowest BCUT2D eigenvalue weighted by molar-refractivity contribution is -0.138. The summed E-state index contributed by atoms with van der Waals surface area (Å²) in [5, 5.41) is 0.844. The van der Waals surface area contributed by atoms with Gasteiger partial charge in [-0.25, -0.2) is 4.98 Å². The largest absolute Gasteiger partial charge is 0.436 e. The number of morpholine rings is 1. The fourth-order valence-electron chi connectivity index (χ4n) is 3.22. The molecule has 0 atom stereocenters. The zero-order chi connectivity index (χ0) is 19.6. The molecule has 146 valence electrons. The van der Waals surface area contributed by atoms with E-state index in [1.54, 1.807) is 18.3 Å². The molecule has 2 aromatic heterocycles. The number of halogens is 3. The third-order valence-electron chi connectivity index (χ3n) is 4.60. The molecular formula is C20H18F3N3O2. The number of hydrogen-bond acceptors (Lipinski definition) is 5. The van der Waals surface area contributed by atoms with E-state index < -0.39 is 17.6 Å². The normalized spacial score (nSPS) is 15.7. The van der Waals surface area contributed by atoms with Crippen LogP contribution in [-0.2, 0) is 17.5 Å². The Bertz CT molecular complexity index is 972. The van der Waals surface area contributed by atoms with E-state index in [-0.39, 0.29) is 5.75 Å². The van der Waals surface area contributed by atoms with Crippen LogP contribution in [0, 0.1) is 0 Å². The zero-order valence-corrected chi connectivity index (χ0v) is 14.9. The van der Waals surface area contributed by atoms with Crippen molar-refractivity contribution in [2.45, 2.75) is 12.7 Å². The van der Waals surface area contributed by atoms with Crippen LogP contribution >= 0.6 is 0 Å². The van der Waals surface area contributed by atoms with Gasteiger partial charge in [0.2, 0.25) is 5.88 Å². The van der Waals surface area contributed by atoms with Crippen LogP contribution < -0.4 is 4.74 Å². The first kappa shape index (κ1) is 18.6. The van der Waals surface area contributed by atoms with Gasteiger partial charge in [-0.2, -0.15) is 13.2 Å². The first-order valence-electron chi connectivity index (χ1n) is 8.89. The molecule has 0 unspecified atom stereocenters. The second-order valence-corrected chi connectivity index (χ2v) is 6.47. The fraction of sp³-hybridized carbons (Fsp3) is 0.300. The van der Waals surface area contributed by atoms with E-state index in [0.717, 1.165) is 30.1 Å². The Morgan fingerprint density at radius 1 is 1.00 bits per heavy atom. The van der Waals surface area contributed by atoms with Gasteiger partial charge in [-0.3, -0.25) is 9.88 Å². The first-order valence-corrected chi connectivity index (χ1v) is 8.89. The minimum Gasteiger partial charge on any atom is -0.436 e. The maximum absolute atomic E-state index is 13.2. The number of pyridine rings is 2. The van der Waals surface area contributed by atoms with Crippen LogP contribution in [0.25, 0.3) is 10.9 Å². The first-order chi connectivity index (χ1) is 13.5. The third kappa shape index (κ3) is 3.93. The monoisotopic (exact) mass is 389 g/mol. The van der Waals surface area contributed by atoms with Crippen molar-refractivity contribution < 1.29 is 22.6 Å². The third-order valence-corrected chi connectivity index (χ3v) is 4.60. The summed E-state index contributed by atoms with van der Waals surface area (Å²) in [6.45, 7) is 3.77. The second-order valence-electron chi connectivity index (χ2n) is 6.47. The number of alkyl halides is 3. The Balaban J connectivity index is 1.69. The van der Waals surface area contributed by atoms with Gasteiger partial charge in [0.15, 0.2) is 5.75 Å². The summed E-state index contributed by atoms with van der Waals surface area (Å²) in [7, 11) is 0. The van der Waals surface area contributed by atoms with Crippen molar-refractivity contribution in [1.29, 1.82) is 0 Å². The maximum Gasteiger partial charge on any atom is 0.421 e. The van der Waals surface area contributed by atoms with Crippen molar-refractivity contribution in [1.82, 2.24) is 14.9 Å². The molecule has 0 radical (unpaired) electrons. The van der Waals surface area contributed by atoms with Crippen LogP contribution in [0.5, 0.6) is 11.6 Å². The molecule has 0 amide bonds. The number of rotatable bonds is 4. The molecule has 28 heavy (non-hydrogen) atoms. The molecule has 3 heterocycles. The molecule has 0 spiro atoms. The SMILES string of the molecule is FC(F)(F)c1cccnc1Oc1ccc(CN2CCOCC2)c2cccnc12. The molecule has 1 aliphatic rings. The lowest BCUT2D eigenvalue weighted by Gasteiger charge is -2.27. The average molecular weight is 389 g/mol. The molecule has 0 N–H and O–H groups in total. The molecule has 4 rings (SSSR count). The minimum atomic E-state index is -4.55. The summed E-state index contributed by atoms with van der Waals surface area (Å²) in [4.78, 5) is 10.4. The van der Waals surface area contributed by atoms with Gasteiger partial charge < -0.3 is 9.47 Å². The number of hydrogen-bond donors (Lipinski definition) is 0. The lowest BCUT2D eigenvalue weighted by atomic mass is 10.1. The summed E-state index contributed by atoms with van der Waals surface area (Å²) in [5.74, 6) is -0.242. The van der Waals surface area contributed by atoms with Gasteiger partial charge in [0.05, 0.1) is 13.2 Å². The van der Waals surface area contributed by atoms with Crippen LogP contribution in [0.15, 0.2) is 48.8 Å². The molecule has 0 saturated carbocycles. The van der Waals surface area contributed by atoms with Crippen molar-refractivity contribution >= 4 is 10.9 Å². The van der Waals surface area contributed by atoms with E-state index in [1.807, 2.05) is 12.1 Å². The van der Waals surface area contributed by atoms with E-state index in [1.165, 1.54) is 12.3 Å². The standard InChI is InChI=1S/C20H18F3N3O2/c21-20(22,23)16-4-2-8-25-19(16)28-17-6-5-14(13-26-9-11-27-12-10-26)15-3-1-7-24-18(15)17/h1-8H,9-13H2. The van der Waals surface area contributed by atoms with Crippen LogP contribution in [0.4, 0.5) is 13.2 Å². The van der Waals surface area contributed by atoms with Gasteiger partial charge in [-0.05, 0) is 29.8 Å². The fourth-order valence-corrected chi connectivity index (χ4v) is 3.22. The van der Waals surface area contributed by atoms with E-state index in [4.69, 9.17) is 9.47 Å². The maximum atomic E-state index is 13.2. The van der Waals surface area contributed by atoms with E-state index >= 15 is 0 Å². The second kappa shape index (κ2) is 7.73. The Hall–Kier alpha value is -2.71. The highest BCUT2D eigenvalue weighted by Crippen LogP contribution is 2.38. The molecule has 3 aromatic rings. The molecule has 1 fully saturated rings. The van der Waals surface area contributed by atoms with Crippen molar-refractivity contribution in [3.8, 4) is 11.6 Å². The summed E-state index contributed by atoms with van der Waals surface area (Å²) in [6, 6.07) is 9.40. The van der Waals surface area contributed by atoms with E-state index in [9.17, 15) is 13.2 Å². The summed E-state index contributed by atoms with van der Waals surface area (Å²) in [5.41, 5.74) is 0.623. The smallest absolute Gasteiger partial charge is 0.421 e. The van der Waals surface area contributed by atoms with Crippen LogP contribution in [0.1, 0.15) is 11.1 Å². The molecule has 8 heteroatoms. The Kier molecular flexibility index (Phi) is 5.15. The van der Waals surface area contributed by atoms with E-state index in [2.05, 4.69) is 14.9 Å². The highest BCUT2D eigenvalue weighted by Gasteiger charge is 2.35. The Morgan fingerprint density at radius 2 is 1.75 bits per heavy atom. The van der Waals surface area contributed by atoms with Crippen LogP contribution in [0.3, 0.4) is 0 Å². The number of aromatic nitrogens is 2. The molecular weight excluding hydrogens is 371 g/mol. The van der Waals surface area contributed by atoms with Gasteiger partial charge in [0, 0.05) is 37.4 Å². The van der Waals surface area contributed by atoms with Gasteiger partial charge in [0.1, 0.15) is 11.1 Å². The number of fused-ring (bicyclic) bond motifs is 1. The molecule has 5 nitrogen and oxygen atoms in total. The van der Waals surface area contributed by atoms with Crippen molar-refractivity contribution in [3.05, 3.63) is 59.9 Å². The topological polar surface area (TPSA) is 47.5 Å².